The minimum Gasteiger partial charge on any atom is -0.505 e. The lowest BCUT2D eigenvalue weighted by molar-refractivity contribution is 0.103. The van der Waals surface area contributed by atoms with Gasteiger partial charge in [-0.15, -0.1) is 15.0 Å². The average molecular weight is 385 g/mol. The van der Waals surface area contributed by atoms with E-state index < -0.39 is 0 Å². The SMILES string of the molecule is Cc1cccc(C(=O)c2cc(C(C)(C)C)cc(-n3nc4ccccc4n3)c2O)c1. The Hall–Kier alpha value is -3.47. The zero-order valence-electron chi connectivity index (χ0n) is 17.0. The summed E-state index contributed by atoms with van der Waals surface area (Å²) in [6.45, 7) is 8.14. The molecule has 0 atom stereocenters. The van der Waals surface area contributed by atoms with Crippen molar-refractivity contribution in [1.82, 2.24) is 15.0 Å². The molecule has 4 aromatic rings. The molecule has 0 bridgehead atoms. The lowest BCUT2D eigenvalue weighted by Crippen LogP contribution is -2.15. The molecule has 0 fully saturated rings. The third-order valence-corrected chi connectivity index (χ3v) is 4.98. The third kappa shape index (κ3) is 3.51. The van der Waals surface area contributed by atoms with Gasteiger partial charge in [-0.2, -0.15) is 0 Å². The first kappa shape index (κ1) is 18.9. The summed E-state index contributed by atoms with van der Waals surface area (Å²) in [7, 11) is 0. The summed E-state index contributed by atoms with van der Waals surface area (Å²) < 4.78 is 0. The maximum absolute atomic E-state index is 13.2. The van der Waals surface area contributed by atoms with Crippen LogP contribution < -0.4 is 0 Å². The first-order chi connectivity index (χ1) is 13.7. The van der Waals surface area contributed by atoms with Crippen LogP contribution in [0.25, 0.3) is 16.7 Å². The molecule has 0 radical (unpaired) electrons. The smallest absolute Gasteiger partial charge is 0.196 e. The van der Waals surface area contributed by atoms with Gasteiger partial charge in [0, 0.05) is 5.56 Å². The molecule has 0 unspecified atom stereocenters. The molecular weight excluding hydrogens is 362 g/mol. The number of carbonyl (C=O) groups is 1. The number of aryl methyl sites for hydroxylation is 1. The number of fused-ring (bicyclic) bond motifs is 1. The van der Waals surface area contributed by atoms with Gasteiger partial charge in [0.2, 0.25) is 0 Å². The van der Waals surface area contributed by atoms with Gasteiger partial charge in [0.05, 0.1) is 5.56 Å². The van der Waals surface area contributed by atoms with Gasteiger partial charge in [-0.1, -0.05) is 56.7 Å². The Morgan fingerprint density at radius 2 is 1.59 bits per heavy atom. The molecule has 1 N–H and O–H groups in total. The van der Waals surface area contributed by atoms with Crippen molar-refractivity contribution in [2.45, 2.75) is 33.1 Å². The largest absolute Gasteiger partial charge is 0.505 e. The molecule has 5 heteroatoms. The maximum Gasteiger partial charge on any atom is 0.196 e. The van der Waals surface area contributed by atoms with Crippen LogP contribution in [-0.2, 0) is 5.41 Å². The lowest BCUT2D eigenvalue weighted by Gasteiger charge is -2.22. The summed E-state index contributed by atoms with van der Waals surface area (Å²) in [5.41, 5.74) is 4.31. The van der Waals surface area contributed by atoms with Crippen molar-refractivity contribution in [2.24, 2.45) is 0 Å². The van der Waals surface area contributed by atoms with Crippen LogP contribution in [0, 0.1) is 6.92 Å². The standard InChI is InChI=1S/C24H23N3O2/c1-15-8-7-9-16(12-15)22(28)18-13-17(24(2,3)4)14-21(23(18)29)27-25-19-10-5-6-11-20(19)26-27/h5-14,29H,1-4H3. The number of benzene rings is 3. The molecule has 0 aliphatic carbocycles. The van der Waals surface area contributed by atoms with E-state index in [4.69, 9.17) is 0 Å². The second kappa shape index (κ2) is 6.85. The number of aromatic nitrogens is 3. The van der Waals surface area contributed by atoms with Gasteiger partial charge in [0.1, 0.15) is 16.7 Å². The van der Waals surface area contributed by atoms with E-state index >= 15 is 0 Å². The highest BCUT2D eigenvalue weighted by Crippen LogP contribution is 2.34. The highest BCUT2D eigenvalue weighted by molar-refractivity contribution is 6.11. The number of hydrogen-bond acceptors (Lipinski definition) is 4. The summed E-state index contributed by atoms with van der Waals surface area (Å²) in [4.78, 5) is 14.6. The Labute approximate surface area is 169 Å². The number of phenolic OH excluding ortho intramolecular Hbond substituents is 1. The molecule has 4 rings (SSSR count). The summed E-state index contributed by atoms with van der Waals surface area (Å²) >= 11 is 0. The second-order valence-electron chi connectivity index (χ2n) is 8.32. The predicted molar refractivity (Wildman–Crippen MR) is 114 cm³/mol. The van der Waals surface area contributed by atoms with Gasteiger partial charge in [0.15, 0.2) is 11.5 Å². The van der Waals surface area contributed by atoms with E-state index in [0.29, 0.717) is 11.3 Å². The zero-order valence-corrected chi connectivity index (χ0v) is 17.0. The molecular formula is C24H23N3O2. The van der Waals surface area contributed by atoms with E-state index in [1.165, 1.54) is 4.80 Å². The van der Waals surface area contributed by atoms with E-state index in [-0.39, 0.29) is 22.5 Å². The quantitative estimate of drug-likeness (QED) is 0.506. The molecule has 0 saturated carbocycles. The summed E-state index contributed by atoms with van der Waals surface area (Å²) in [5.74, 6) is -0.347. The van der Waals surface area contributed by atoms with Crippen molar-refractivity contribution >= 4 is 16.8 Å². The Bertz CT molecular complexity index is 1200. The predicted octanol–water partition coefficient (Wildman–Crippen LogP) is 4.96. The molecule has 29 heavy (non-hydrogen) atoms. The molecule has 0 aliphatic rings. The van der Waals surface area contributed by atoms with Crippen molar-refractivity contribution < 1.29 is 9.90 Å². The number of carbonyl (C=O) groups excluding carboxylic acids is 1. The number of aromatic hydroxyl groups is 1. The minimum absolute atomic E-state index is 0.121. The normalized spacial score (nSPS) is 11.7. The van der Waals surface area contributed by atoms with E-state index in [2.05, 4.69) is 31.0 Å². The van der Waals surface area contributed by atoms with Crippen molar-refractivity contribution in [3.05, 3.63) is 82.9 Å². The highest BCUT2D eigenvalue weighted by Gasteiger charge is 2.24. The van der Waals surface area contributed by atoms with E-state index in [1.807, 2.05) is 55.5 Å². The van der Waals surface area contributed by atoms with Crippen LogP contribution in [0.1, 0.15) is 47.8 Å². The van der Waals surface area contributed by atoms with Gasteiger partial charge in [-0.05, 0) is 48.2 Å². The Morgan fingerprint density at radius 3 is 2.17 bits per heavy atom. The Kier molecular flexibility index (Phi) is 4.46. The highest BCUT2D eigenvalue weighted by atomic mass is 16.3. The zero-order chi connectivity index (χ0) is 20.8. The fourth-order valence-corrected chi connectivity index (χ4v) is 3.29. The van der Waals surface area contributed by atoms with Gasteiger partial charge in [-0.3, -0.25) is 4.79 Å². The molecule has 5 nitrogen and oxygen atoms in total. The van der Waals surface area contributed by atoms with Gasteiger partial charge >= 0.3 is 0 Å². The van der Waals surface area contributed by atoms with E-state index in [0.717, 1.165) is 22.2 Å². The molecule has 0 amide bonds. The summed E-state index contributed by atoms with van der Waals surface area (Å²) in [6, 6.07) is 18.5. The molecule has 1 heterocycles. The minimum atomic E-state index is -0.227. The fraction of sp³-hybridized carbons (Fsp3) is 0.208. The number of ketones is 1. The number of rotatable bonds is 3. The Balaban J connectivity index is 1.94. The summed E-state index contributed by atoms with van der Waals surface area (Å²) in [6.07, 6.45) is 0. The maximum atomic E-state index is 13.2. The van der Waals surface area contributed by atoms with Crippen LogP contribution in [0.2, 0.25) is 0 Å². The van der Waals surface area contributed by atoms with Crippen molar-refractivity contribution in [2.75, 3.05) is 0 Å². The third-order valence-electron chi connectivity index (χ3n) is 4.98. The average Bonchev–Trinajstić information content (AvgIpc) is 3.10. The Morgan fingerprint density at radius 1 is 0.931 bits per heavy atom. The first-order valence-corrected chi connectivity index (χ1v) is 9.55. The van der Waals surface area contributed by atoms with Gasteiger partial charge in [0.25, 0.3) is 0 Å². The number of nitrogens with zero attached hydrogens (tertiary/aromatic N) is 3. The number of phenols is 1. The van der Waals surface area contributed by atoms with Crippen LogP contribution in [0.3, 0.4) is 0 Å². The lowest BCUT2D eigenvalue weighted by atomic mass is 9.84. The van der Waals surface area contributed by atoms with Crippen molar-refractivity contribution in [1.29, 1.82) is 0 Å². The fourth-order valence-electron chi connectivity index (χ4n) is 3.29. The molecule has 3 aromatic carbocycles. The number of hydrogen-bond donors (Lipinski definition) is 1. The first-order valence-electron chi connectivity index (χ1n) is 9.55. The molecule has 1 aromatic heterocycles. The van der Waals surface area contributed by atoms with Crippen LogP contribution in [-0.4, -0.2) is 25.9 Å². The molecule has 0 spiro atoms. The molecule has 0 saturated heterocycles. The van der Waals surface area contributed by atoms with Crippen LogP contribution in [0.4, 0.5) is 0 Å². The molecule has 0 aliphatic heterocycles. The van der Waals surface area contributed by atoms with Crippen LogP contribution in [0.5, 0.6) is 5.75 Å². The topological polar surface area (TPSA) is 68.0 Å². The van der Waals surface area contributed by atoms with E-state index in [9.17, 15) is 9.90 Å². The molecule has 146 valence electrons. The monoisotopic (exact) mass is 385 g/mol. The second-order valence-corrected chi connectivity index (χ2v) is 8.32. The summed E-state index contributed by atoms with van der Waals surface area (Å²) in [5, 5.41) is 20.0. The van der Waals surface area contributed by atoms with Crippen LogP contribution >= 0.6 is 0 Å². The van der Waals surface area contributed by atoms with Crippen molar-refractivity contribution in [3.63, 3.8) is 0 Å². The van der Waals surface area contributed by atoms with Gasteiger partial charge < -0.3 is 5.11 Å². The van der Waals surface area contributed by atoms with Gasteiger partial charge in [-0.25, -0.2) is 0 Å². The van der Waals surface area contributed by atoms with Crippen molar-refractivity contribution in [3.8, 4) is 11.4 Å². The van der Waals surface area contributed by atoms with Crippen LogP contribution in [0.15, 0.2) is 60.7 Å². The van der Waals surface area contributed by atoms with E-state index in [1.54, 1.807) is 12.1 Å².